The zero-order valence-corrected chi connectivity index (χ0v) is 13.9. The first kappa shape index (κ1) is 15.3. The van der Waals surface area contributed by atoms with Crippen molar-refractivity contribution in [1.82, 2.24) is 4.98 Å². The van der Waals surface area contributed by atoms with Crippen molar-refractivity contribution in [3.8, 4) is 17.0 Å². The van der Waals surface area contributed by atoms with Crippen molar-refractivity contribution in [1.29, 1.82) is 0 Å². The van der Waals surface area contributed by atoms with Crippen molar-refractivity contribution in [3.05, 3.63) is 52.8 Å². The summed E-state index contributed by atoms with van der Waals surface area (Å²) in [5.74, 6) is 1.87. The molecule has 0 atom stereocenters. The first-order valence-electron chi connectivity index (χ1n) is 7.05. The molecule has 1 aromatic carbocycles. The van der Waals surface area contributed by atoms with Crippen LogP contribution in [-0.2, 0) is 0 Å². The molecular weight excluding hydrogens is 312 g/mol. The highest BCUT2D eigenvalue weighted by Gasteiger charge is 2.15. The zero-order valence-electron chi connectivity index (χ0n) is 13.0. The second-order valence-corrected chi connectivity index (χ2v) is 5.91. The van der Waals surface area contributed by atoms with Gasteiger partial charge in [-0.25, -0.2) is 4.98 Å². The zero-order chi connectivity index (χ0) is 16.4. The Morgan fingerprint density at radius 3 is 2.83 bits per heavy atom. The standard InChI is InChI=1S/C17H16N2O3S/c1-10-7-14(11(2)22-10)16(20)19-17-18-15(9-23-17)12-5-4-6-13(8-12)21-3/h4-9H,1-3H3,(H,18,19,20). The Morgan fingerprint density at radius 2 is 2.13 bits per heavy atom. The van der Waals surface area contributed by atoms with Crippen LogP contribution in [0.5, 0.6) is 5.75 Å². The minimum atomic E-state index is -0.217. The molecule has 0 unspecified atom stereocenters. The molecule has 0 radical (unpaired) electrons. The third-order valence-corrected chi connectivity index (χ3v) is 4.13. The number of benzene rings is 1. The van der Waals surface area contributed by atoms with E-state index in [9.17, 15) is 4.79 Å². The van der Waals surface area contributed by atoms with Crippen LogP contribution >= 0.6 is 11.3 Å². The van der Waals surface area contributed by atoms with E-state index in [4.69, 9.17) is 9.15 Å². The summed E-state index contributed by atoms with van der Waals surface area (Å²) in [5, 5.41) is 5.26. The van der Waals surface area contributed by atoms with Crippen molar-refractivity contribution in [2.75, 3.05) is 12.4 Å². The lowest BCUT2D eigenvalue weighted by atomic mass is 10.2. The monoisotopic (exact) mass is 328 g/mol. The van der Waals surface area contributed by atoms with Crippen LogP contribution in [0.25, 0.3) is 11.3 Å². The number of ether oxygens (including phenoxy) is 1. The molecule has 5 nitrogen and oxygen atoms in total. The first-order chi connectivity index (χ1) is 11.1. The van der Waals surface area contributed by atoms with Crippen molar-refractivity contribution in [2.45, 2.75) is 13.8 Å². The van der Waals surface area contributed by atoms with Crippen LogP contribution in [0.15, 0.2) is 40.1 Å². The van der Waals surface area contributed by atoms with Gasteiger partial charge in [0.1, 0.15) is 17.3 Å². The van der Waals surface area contributed by atoms with E-state index in [2.05, 4.69) is 10.3 Å². The maximum absolute atomic E-state index is 12.3. The summed E-state index contributed by atoms with van der Waals surface area (Å²) >= 11 is 1.38. The van der Waals surface area contributed by atoms with Gasteiger partial charge >= 0.3 is 0 Å². The number of nitrogens with zero attached hydrogens (tertiary/aromatic N) is 1. The van der Waals surface area contributed by atoms with Gasteiger partial charge < -0.3 is 9.15 Å². The lowest BCUT2D eigenvalue weighted by Gasteiger charge is -2.02. The molecular formula is C17H16N2O3S. The summed E-state index contributed by atoms with van der Waals surface area (Å²) in [6.45, 7) is 3.58. The topological polar surface area (TPSA) is 64.4 Å². The number of carbonyl (C=O) groups is 1. The van der Waals surface area contributed by atoms with Gasteiger partial charge in [0.2, 0.25) is 0 Å². The number of furan rings is 1. The smallest absolute Gasteiger partial charge is 0.260 e. The molecule has 1 N–H and O–H groups in total. The Hall–Kier alpha value is -2.60. The van der Waals surface area contributed by atoms with E-state index in [0.717, 1.165) is 17.0 Å². The predicted molar refractivity (Wildman–Crippen MR) is 90.2 cm³/mol. The minimum Gasteiger partial charge on any atom is -0.497 e. The Bertz CT molecular complexity index is 851. The quantitative estimate of drug-likeness (QED) is 0.776. The molecule has 0 spiro atoms. The molecule has 2 aromatic heterocycles. The lowest BCUT2D eigenvalue weighted by Crippen LogP contribution is -2.11. The summed E-state index contributed by atoms with van der Waals surface area (Å²) in [6.07, 6.45) is 0. The van der Waals surface area contributed by atoms with Gasteiger partial charge in [-0.2, -0.15) is 0 Å². The van der Waals surface area contributed by atoms with Gasteiger partial charge in [-0.05, 0) is 32.0 Å². The third kappa shape index (κ3) is 3.27. The van der Waals surface area contributed by atoms with Crippen LogP contribution in [0.2, 0.25) is 0 Å². The highest BCUT2D eigenvalue weighted by atomic mass is 32.1. The molecule has 2 heterocycles. The van der Waals surface area contributed by atoms with Crippen molar-refractivity contribution in [2.24, 2.45) is 0 Å². The number of anilines is 1. The molecule has 3 aromatic rings. The lowest BCUT2D eigenvalue weighted by molar-refractivity contribution is 0.102. The predicted octanol–water partition coefficient (Wildman–Crippen LogP) is 4.28. The third-order valence-electron chi connectivity index (χ3n) is 3.38. The summed E-state index contributed by atoms with van der Waals surface area (Å²) in [7, 11) is 1.63. The van der Waals surface area contributed by atoms with Crippen LogP contribution in [0, 0.1) is 13.8 Å². The second-order valence-electron chi connectivity index (χ2n) is 5.05. The summed E-state index contributed by atoms with van der Waals surface area (Å²) in [6, 6.07) is 9.37. The fraction of sp³-hybridized carbons (Fsp3) is 0.176. The summed E-state index contributed by atoms with van der Waals surface area (Å²) in [5.41, 5.74) is 2.27. The summed E-state index contributed by atoms with van der Waals surface area (Å²) in [4.78, 5) is 16.7. The van der Waals surface area contributed by atoms with Gasteiger partial charge in [-0.15, -0.1) is 11.3 Å². The average Bonchev–Trinajstić information content (AvgIpc) is 3.13. The number of aryl methyl sites for hydroxylation is 2. The Balaban J connectivity index is 1.79. The van der Waals surface area contributed by atoms with Crippen LogP contribution in [0.1, 0.15) is 21.9 Å². The molecule has 0 fully saturated rings. The number of nitrogens with one attached hydrogen (secondary N) is 1. The highest BCUT2D eigenvalue weighted by molar-refractivity contribution is 7.14. The Kier molecular flexibility index (Phi) is 4.16. The number of methoxy groups -OCH3 is 1. The van der Waals surface area contributed by atoms with E-state index in [-0.39, 0.29) is 5.91 Å². The highest BCUT2D eigenvalue weighted by Crippen LogP contribution is 2.28. The maximum Gasteiger partial charge on any atom is 0.260 e. The van der Waals surface area contributed by atoms with Gasteiger partial charge in [0.25, 0.3) is 5.91 Å². The normalized spacial score (nSPS) is 10.6. The number of hydrogen-bond acceptors (Lipinski definition) is 5. The van der Waals surface area contributed by atoms with Crippen molar-refractivity contribution >= 4 is 22.4 Å². The maximum atomic E-state index is 12.3. The minimum absolute atomic E-state index is 0.217. The molecule has 3 rings (SSSR count). The molecule has 1 amide bonds. The molecule has 118 valence electrons. The van der Waals surface area contributed by atoms with E-state index < -0.39 is 0 Å². The number of aromatic nitrogens is 1. The molecule has 6 heteroatoms. The Morgan fingerprint density at radius 1 is 1.30 bits per heavy atom. The first-order valence-corrected chi connectivity index (χ1v) is 7.93. The molecule has 0 saturated carbocycles. The largest absolute Gasteiger partial charge is 0.497 e. The second kappa shape index (κ2) is 6.26. The van der Waals surface area contributed by atoms with E-state index in [1.165, 1.54) is 11.3 Å². The van der Waals surface area contributed by atoms with E-state index in [0.29, 0.717) is 22.2 Å². The van der Waals surface area contributed by atoms with E-state index in [1.54, 1.807) is 20.1 Å². The van der Waals surface area contributed by atoms with E-state index >= 15 is 0 Å². The SMILES string of the molecule is COc1cccc(-c2csc(NC(=O)c3cc(C)oc3C)n2)c1. The van der Waals surface area contributed by atoms with Gasteiger partial charge in [0, 0.05) is 10.9 Å². The summed E-state index contributed by atoms with van der Waals surface area (Å²) < 4.78 is 10.6. The molecule has 0 aliphatic heterocycles. The number of rotatable bonds is 4. The van der Waals surface area contributed by atoms with Gasteiger partial charge in [-0.3, -0.25) is 10.1 Å². The number of hydrogen-bond donors (Lipinski definition) is 1. The number of amides is 1. The van der Waals surface area contributed by atoms with Crippen LogP contribution in [-0.4, -0.2) is 18.0 Å². The number of carbonyl (C=O) groups excluding carboxylic acids is 1. The van der Waals surface area contributed by atoms with Crippen LogP contribution < -0.4 is 10.1 Å². The van der Waals surface area contributed by atoms with Crippen LogP contribution in [0.3, 0.4) is 0 Å². The fourth-order valence-corrected chi connectivity index (χ4v) is 2.98. The van der Waals surface area contributed by atoms with Gasteiger partial charge in [0.15, 0.2) is 5.13 Å². The van der Waals surface area contributed by atoms with Crippen molar-refractivity contribution < 1.29 is 13.9 Å². The fourth-order valence-electron chi connectivity index (χ4n) is 2.27. The van der Waals surface area contributed by atoms with E-state index in [1.807, 2.05) is 36.6 Å². The number of thiazole rings is 1. The van der Waals surface area contributed by atoms with Gasteiger partial charge in [0.05, 0.1) is 18.4 Å². The molecule has 0 saturated heterocycles. The molecule has 23 heavy (non-hydrogen) atoms. The van der Waals surface area contributed by atoms with Crippen LogP contribution in [0.4, 0.5) is 5.13 Å². The molecule has 0 aliphatic carbocycles. The Labute approximate surface area is 137 Å². The molecule has 0 bridgehead atoms. The average molecular weight is 328 g/mol. The van der Waals surface area contributed by atoms with Crippen molar-refractivity contribution in [3.63, 3.8) is 0 Å². The van der Waals surface area contributed by atoms with Gasteiger partial charge in [-0.1, -0.05) is 12.1 Å². The molecule has 0 aliphatic rings.